The molecule has 0 saturated carbocycles. The quantitative estimate of drug-likeness (QED) is 0.0221. The molecule has 30 nitrogen and oxygen atoms in total. The molecule has 98 heavy (non-hydrogen) atoms. The lowest BCUT2D eigenvalue weighted by molar-refractivity contribution is -0.158. The molecule has 30 heteroatoms. The predicted octanol–water partition coefficient (Wildman–Crippen LogP) is 6.82. The molecule has 0 bridgehead atoms. The molecule has 2 heterocycles. The Hall–Kier alpha value is -7.57. The zero-order valence-electron chi connectivity index (χ0n) is 59.6. The maximum atomic E-state index is 13.4. The van der Waals surface area contributed by atoms with Crippen molar-refractivity contribution in [3.8, 4) is 0 Å². The van der Waals surface area contributed by atoms with Gasteiger partial charge in [-0.15, -0.1) is 0 Å². The van der Waals surface area contributed by atoms with Crippen molar-refractivity contribution in [3.63, 3.8) is 0 Å². The summed E-state index contributed by atoms with van der Waals surface area (Å²) in [7, 11) is 3.59. The summed E-state index contributed by atoms with van der Waals surface area (Å²) < 4.78 is 69.5. The van der Waals surface area contributed by atoms with E-state index in [0.29, 0.717) is 44.6 Å². The van der Waals surface area contributed by atoms with Gasteiger partial charge in [-0.2, -0.15) is 0 Å². The summed E-state index contributed by atoms with van der Waals surface area (Å²) in [5.41, 5.74) is 0.812. The number of carbonyl (C=O) groups excluding carboxylic acids is 11. The number of benzene rings is 1. The number of amides is 4. The van der Waals surface area contributed by atoms with Gasteiger partial charge in [0.1, 0.15) is 49.0 Å². The Labute approximate surface area is 577 Å². The molecular weight excluding hydrogens is 1280 g/mol. The number of unbranched alkanes of at least 4 members (excludes halogenated alkanes) is 4. The van der Waals surface area contributed by atoms with Gasteiger partial charge in [0, 0.05) is 33.1 Å². The highest BCUT2D eigenvalue weighted by Crippen LogP contribution is 2.32. The van der Waals surface area contributed by atoms with E-state index >= 15 is 0 Å². The third-order valence-corrected chi connectivity index (χ3v) is 14.6. The number of fused-ring (bicyclic) bond motifs is 1. The average molecular weight is 1400 g/mol. The second-order valence-electron chi connectivity index (χ2n) is 25.4. The van der Waals surface area contributed by atoms with E-state index in [0.717, 1.165) is 44.2 Å². The normalized spacial score (nSPS) is 16.9. The molecule has 558 valence electrons. The number of hydrogen-bond donors (Lipinski definition) is 6. The van der Waals surface area contributed by atoms with Crippen molar-refractivity contribution in [1.29, 1.82) is 0 Å². The molecule has 0 aliphatic carbocycles. The fraction of sp³-hybridized carbons (Fsp3) is 0.750. The molecule has 9 atom stereocenters. The first-order valence-corrected chi connectivity index (χ1v) is 34.2. The number of alkyl carbamates (subject to hydrolysis) is 4. The standard InChI is InChI=1S/C43H66N4O16.C25H46N2O8/c1-27(2)22-32(46-42(53)57-19-12-18-55-29(5)48)39(50)62-34-25-59-37-35(26-60-36(34)37)63-40(51)33(23-28(3)4)47-43(54)58-21-13-20-56-41(52)45-31(16-10-11-17-44-6)38(49)61-24-30-14-8-7-9-15-30;1-18(2)16-21(26-6)23(29)33-12-9-7-8-10-13-34-24(30)22(17-19(3)4)27-25(31)35-15-11-14-32-20(5)28/h7-9,14-15,27-28,31-37,44H,10-13,16-26H2,1-6H3,(H,45,52)(H,46,53)(H,47,54);18-19,21-22,26H,7-17H2,1-6H3,(H,27,31)/t31?,32?,33?,34-,35+,36?,37?;/m0./s1. The molecule has 1 aromatic rings. The van der Waals surface area contributed by atoms with Crippen LogP contribution >= 0.6 is 0 Å². The second kappa shape index (κ2) is 50.7. The van der Waals surface area contributed by atoms with Crippen LogP contribution in [0.4, 0.5) is 19.2 Å². The fourth-order valence-electron chi connectivity index (χ4n) is 9.79. The molecule has 1 aromatic carbocycles. The number of likely N-dealkylation sites (N-methyl/N-ethyl adjacent to an activating group) is 1. The molecule has 0 aromatic heterocycles. The van der Waals surface area contributed by atoms with Crippen LogP contribution in [0.3, 0.4) is 0 Å². The van der Waals surface area contributed by atoms with Crippen LogP contribution in [0.1, 0.15) is 165 Å². The van der Waals surface area contributed by atoms with Gasteiger partial charge in [-0.25, -0.2) is 38.4 Å². The van der Waals surface area contributed by atoms with Gasteiger partial charge in [-0.05, 0) is 121 Å². The highest BCUT2D eigenvalue weighted by molar-refractivity contribution is 5.83. The monoisotopic (exact) mass is 1400 g/mol. The minimum atomic E-state index is -1.08. The van der Waals surface area contributed by atoms with Gasteiger partial charge in [0.2, 0.25) is 0 Å². The van der Waals surface area contributed by atoms with Crippen molar-refractivity contribution in [1.82, 2.24) is 31.9 Å². The Balaban J connectivity index is 0.000000791. The van der Waals surface area contributed by atoms with Crippen LogP contribution in [-0.4, -0.2) is 207 Å². The van der Waals surface area contributed by atoms with Crippen molar-refractivity contribution in [3.05, 3.63) is 35.9 Å². The number of hydrogen-bond acceptors (Lipinski definition) is 26. The molecule has 4 amide bonds. The Morgan fingerprint density at radius 1 is 0.398 bits per heavy atom. The zero-order valence-corrected chi connectivity index (χ0v) is 59.6. The van der Waals surface area contributed by atoms with Crippen molar-refractivity contribution < 1.29 is 114 Å². The van der Waals surface area contributed by atoms with Crippen molar-refractivity contribution in [2.45, 2.75) is 220 Å². The summed E-state index contributed by atoms with van der Waals surface area (Å²) in [6.07, 6.45) is 0.880. The fourth-order valence-corrected chi connectivity index (χ4v) is 9.79. The molecule has 6 N–H and O–H groups in total. The average Bonchev–Trinajstić information content (AvgIpc) is 1.65. The van der Waals surface area contributed by atoms with Crippen LogP contribution in [0.5, 0.6) is 0 Å². The highest BCUT2D eigenvalue weighted by Gasteiger charge is 2.52. The van der Waals surface area contributed by atoms with E-state index in [4.69, 9.17) is 61.6 Å². The van der Waals surface area contributed by atoms with Gasteiger partial charge in [0.15, 0.2) is 12.2 Å². The van der Waals surface area contributed by atoms with E-state index in [1.165, 1.54) is 13.8 Å². The van der Waals surface area contributed by atoms with Gasteiger partial charge >= 0.3 is 66.2 Å². The summed E-state index contributed by atoms with van der Waals surface area (Å²) in [6, 6.07) is 5.10. The van der Waals surface area contributed by atoms with Crippen molar-refractivity contribution in [2.24, 2.45) is 23.7 Å². The van der Waals surface area contributed by atoms with E-state index in [2.05, 4.69) is 45.7 Å². The minimum absolute atomic E-state index is 0.00963. The van der Waals surface area contributed by atoms with E-state index in [1.807, 2.05) is 78.9 Å². The lowest BCUT2D eigenvalue weighted by Crippen LogP contribution is -2.46. The number of rotatable bonds is 46. The van der Waals surface area contributed by atoms with Crippen LogP contribution < -0.4 is 31.9 Å². The summed E-state index contributed by atoms with van der Waals surface area (Å²) in [5.74, 6) is -3.03. The molecule has 0 spiro atoms. The lowest BCUT2D eigenvalue weighted by atomic mass is 10.0. The Morgan fingerprint density at radius 3 is 1.12 bits per heavy atom. The van der Waals surface area contributed by atoms with Gasteiger partial charge in [0.05, 0.1) is 66.1 Å². The van der Waals surface area contributed by atoms with E-state index in [9.17, 15) is 52.7 Å². The highest BCUT2D eigenvalue weighted by atomic mass is 16.7. The lowest BCUT2D eigenvalue weighted by Gasteiger charge is -2.23. The third-order valence-electron chi connectivity index (χ3n) is 14.6. The minimum Gasteiger partial charge on any atom is -0.466 e. The molecule has 2 saturated heterocycles. The zero-order chi connectivity index (χ0) is 72.8. The maximum absolute atomic E-state index is 13.4. The first-order chi connectivity index (χ1) is 46.7. The SMILES string of the molecule is CNC(CC(C)C)C(=O)OCCCCCCOC(=O)C(CC(C)C)NC(=O)OCCCOC(C)=O.CNCCCCC(NC(=O)OCCCOC(=O)NC(CC(C)C)C(=O)O[C@@H]1COC2C1OC[C@@H]2OC(=O)C(CC(C)C)NC(=O)OCCCOC(C)=O)C(=O)OCc1ccccc1. The Bertz CT molecular complexity index is 2530. The van der Waals surface area contributed by atoms with Crippen LogP contribution in [-0.2, 0) is 102 Å². The Morgan fingerprint density at radius 2 is 0.745 bits per heavy atom. The summed E-state index contributed by atoms with van der Waals surface area (Å²) in [5, 5.41) is 16.2. The van der Waals surface area contributed by atoms with Crippen LogP contribution in [0.2, 0.25) is 0 Å². The number of nitrogens with one attached hydrogen (secondary N) is 6. The summed E-state index contributed by atoms with van der Waals surface area (Å²) >= 11 is 0. The predicted molar refractivity (Wildman–Crippen MR) is 355 cm³/mol. The summed E-state index contributed by atoms with van der Waals surface area (Å²) in [6.45, 7) is 19.5. The molecule has 2 fully saturated rings. The van der Waals surface area contributed by atoms with E-state index < -0.39 is 109 Å². The van der Waals surface area contributed by atoms with Crippen molar-refractivity contribution in [2.75, 3.05) is 86.7 Å². The molecular formula is C68H112N6O24. The van der Waals surface area contributed by atoms with Crippen LogP contribution in [0.25, 0.3) is 0 Å². The molecule has 2 aliphatic heterocycles. The number of carbonyl (C=O) groups is 11. The van der Waals surface area contributed by atoms with Gasteiger partial charge in [-0.3, -0.25) is 14.4 Å². The first kappa shape index (κ1) is 86.5. The van der Waals surface area contributed by atoms with E-state index in [-0.39, 0.29) is 122 Å². The molecule has 2 aliphatic rings. The third kappa shape index (κ3) is 39.7. The molecule has 3 rings (SSSR count). The van der Waals surface area contributed by atoms with Gasteiger partial charge < -0.3 is 93.5 Å². The largest absolute Gasteiger partial charge is 0.466 e. The molecule has 0 radical (unpaired) electrons. The first-order valence-electron chi connectivity index (χ1n) is 34.2. The van der Waals surface area contributed by atoms with Crippen molar-refractivity contribution >= 4 is 66.2 Å². The van der Waals surface area contributed by atoms with E-state index in [1.54, 1.807) is 7.05 Å². The molecule has 7 unspecified atom stereocenters. The van der Waals surface area contributed by atoms with Gasteiger partial charge in [0.25, 0.3) is 0 Å². The van der Waals surface area contributed by atoms with Crippen LogP contribution in [0.15, 0.2) is 30.3 Å². The number of esters is 7. The van der Waals surface area contributed by atoms with Crippen LogP contribution in [0, 0.1) is 23.7 Å². The maximum Gasteiger partial charge on any atom is 0.407 e. The van der Waals surface area contributed by atoms with Gasteiger partial charge in [-0.1, -0.05) is 85.7 Å². The topological polar surface area (TPSA) is 380 Å². The Kier molecular flexibility index (Phi) is 44.8. The second-order valence-corrected chi connectivity index (χ2v) is 25.4. The summed E-state index contributed by atoms with van der Waals surface area (Å²) in [4.78, 5) is 135. The smallest absolute Gasteiger partial charge is 0.407 e. The number of ether oxygens (including phenoxy) is 13.